The zero-order valence-corrected chi connectivity index (χ0v) is 20.4. The molecule has 0 saturated heterocycles. The fourth-order valence-corrected chi connectivity index (χ4v) is 4.98. The Morgan fingerprint density at radius 3 is 1.94 bits per heavy atom. The molecule has 0 amide bonds. The lowest BCUT2D eigenvalue weighted by Gasteiger charge is -2.42. The molecule has 33 heavy (non-hydrogen) atoms. The molecule has 170 valence electrons. The first-order valence-electron chi connectivity index (χ1n) is 11.7. The van der Waals surface area contributed by atoms with Gasteiger partial charge in [0.1, 0.15) is 6.10 Å². The molecule has 2 nitrogen and oxygen atoms in total. The summed E-state index contributed by atoms with van der Waals surface area (Å²) in [6.45, 7) is 15.9. The Kier molecular flexibility index (Phi) is 5.92. The van der Waals surface area contributed by atoms with Gasteiger partial charge in [0.2, 0.25) is 0 Å². The Hall–Kier alpha value is -2.97. The van der Waals surface area contributed by atoms with Crippen LogP contribution in [0.15, 0.2) is 73.3 Å². The number of hydrogen-bond donors (Lipinski definition) is 1. The molecular weight excluding hydrogens is 404 g/mol. The van der Waals surface area contributed by atoms with Gasteiger partial charge in [0.25, 0.3) is 0 Å². The molecule has 0 spiro atoms. The molecule has 2 heteroatoms. The van der Waals surface area contributed by atoms with Gasteiger partial charge in [-0.25, -0.2) is 0 Å². The van der Waals surface area contributed by atoms with Crippen LogP contribution in [-0.4, -0.2) is 10.9 Å². The molecule has 0 saturated carbocycles. The van der Waals surface area contributed by atoms with Crippen molar-refractivity contribution in [2.45, 2.75) is 64.4 Å². The van der Waals surface area contributed by atoms with E-state index < -0.39 is 6.10 Å². The molecular formula is C31H34O2. The Bertz CT molecular complexity index is 1200. The molecule has 1 atom stereocenters. The second-order valence-corrected chi connectivity index (χ2v) is 10.7. The quantitative estimate of drug-likeness (QED) is 0.424. The summed E-state index contributed by atoms with van der Waals surface area (Å²) in [4.78, 5) is 12.8. The van der Waals surface area contributed by atoms with Gasteiger partial charge in [0.15, 0.2) is 5.78 Å². The van der Waals surface area contributed by atoms with E-state index >= 15 is 0 Å². The fourth-order valence-electron chi connectivity index (χ4n) is 4.98. The van der Waals surface area contributed by atoms with E-state index in [1.54, 1.807) is 24.3 Å². The van der Waals surface area contributed by atoms with Crippen LogP contribution in [0.2, 0.25) is 0 Å². The van der Waals surface area contributed by atoms with Crippen LogP contribution in [0.5, 0.6) is 0 Å². The molecule has 0 fully saturated rings. The number of Topliss-reactive ketones (excluding diaryl/α,β-unsaturated/α-hetero) is 1. The second-order valence-electron chi connectivity index (χ2n) is 10.7. The van der Waals surface area contributed by atoms with Gasteiger partial charge >= 0.3 is 0 Å². The van der Waals surface area contributed by atoms with Gasteiger partial charge in [-0.1, -0.05) is 101 Å². The van der Waals surface area contributed by atoms with Crippen LogP contribution in [0.4, 0.5) is 0 Å². The van der Waals surface area contributed by atoms with Gasteiger partial charge in [-0.3, -0.25) is 4.79 Å². The molecule has 0 aliphatic heterocycles. The Morgan fingerprint density at radius 1 is 0.848 bits per heavy atom. The molecule has 1 unspecified atom stereocenters. The first-order valence-corrected chi connectivity index (χ1v) is 11.7. The Balaban J connectivity index is 1.64. The van der Waals surface area contributed by atoms with Crippen LogP contribution in [0.3, 0.4) is 0 Å². The van der Waals surface area contributed by atoms with E-state index in [-0.39, 0.29) is 16.6 Å². The van der Waals surface area contributed by atoms with E-state index in [4.69, 9.17) is 0 Å². The van der Waals surface area contributed by atoms with Crippen LogP contribution < -0.4 is 0 Å². The zero-order valence-electron chi connectivity index (χ0n) is 20.4. The normalized spacial score (nSPS) is 17.2. The van der Waals surface area contributed by atoms with Crippen LogP contribution in [0.25, 0.3) is 5.57 Å². The van der Waals surface area contributed by atoms with Gasteiger partial charge in [-0.05, 0) is 69.5 Å². The van der Waals surface area contributed by atoms with Crippen LogP contribution in [0.1, 0.15) is 90.4 Å². The summed E-state index contributed by atoms with van der Waals surface area (Å²) in [6, 6.07) is 21.2. The van der Waals surface area contributed by atoms with Crippen molar-refractivity contribution in [3.8, 4) is 0 Å². The van der Waals surface area contributed by atoms with E-state index in [0.29, 0.717) is 11.1 Å². The maximum Gasteiger partial charge on any atom is 0.195 e. The number of carbonyl (C=O) groups excluding carboxylic acids is 1. The summed E-state index contributed by atoms with van der Waals surface area (Å²) in [5.41, 5.74) is 8.59. The minimum atomic E-state index is -1.16. The topological polar surface area (TPSA) is 37.3 Å². The third-order valence-electron chi connectivity index (χ3n) is 7.40. The first-order chi connectivity index (χ1) is 15.5. The Labute approximate surface area is 198 Å². The molecule has 0 aromatic heterocycles. The summed E-state index contributed by atoms with van der Waals surface area (Å²) < 4.78 is 0. The zero-order chi connectivity index (χ0) is 24.0. The van der Waals surface area contributed by atoms with Crippen molar-refractivity contribution in [3.05, 3.63) is 112 Å². The van der Waals surface area contributed by atoms with E-state index in [1.807, 2.05) is 30.3 Å². The molecule has 3 aromatic carbocycles. The average Bonchev–Trinajstić information content (AvgIpc) is 2.81. The van der Waals surface area contributed by atoms with Crippen molar-refractivity contribution < 1.29 is 9.90 Å². The third-order valence-corrected chi connectivity index (χ3v) is 7.40. The molecule has 0 radical (unpaired) electrons. The molecule has 0 heterocycles. The second kappa shape index (κ2) is 8.43. The monoisotopic (exact) mass is 438 g/mol. The maximum atomic E-state index is 12.8. The predicted octanol–water partition coefficient (Wildman–Crippen LogP) is 7.32. The number of rotatable bonds is 5. The largest absolute Gasteiger partial charge is 0.380 e. The molecule has 1 N–H and O–H groups in total. The van der Waals surface area contributed by atoms with Gasteiger partial charge in [0, 0.05) is 5.56 Å². The minimum Gasteiger partial charge on any atom is -0.380 e. The lowest BCUT2D eigenvalue weighted by atomic mass is 9.62. The molecule has 0 bridgehead atoms. The van der Waals surface area contributed by atoms with Gasteiger partial charge < -0.3 is 5.11 Å². The van der Waals surface area contributed by atoms with Crippen molar-refractivity contribution in [2.24, 2.45) is 0 Å². The van der Waals surface area contributed by atoms with E-state index in [0.717, 1.165) is 16.7 Å². The summed E-state index contributed by atoms with van der Waals surface area (Å²) in [7, 11) is 0. The smallest absolute Gasteiger partial charge is 0.195 e. The summed E-state index contributed by atoms with van der Waals surface area (Å²) in [5.74, 6) is -0.299. The highest BCUT2D eigenvalue weighted by molar-refractivity contribution is 6.00. The first kappa shape index (κ1) is 23.2. The highest BCUT2D eigenvalue weighted by atomic mass is 16.3. The number of hydrogen-bond acceptors (Lipinski definition) is 2. The van der Waals surface area contributed by atoms with E-state index in [2.05, 4.69) is 53.3 Å². The van der Waals surface area contributed by atoms with Crippen molar-refractivity contribution in [2.75, 3.05) is 0 Å². The Morgan fingerprint density at radius 2 is 1.36 bits per heavy atom. The molecule has 1 aliphatic carbocycles. The number of benzene rings is 3. The lowest BCUT2D eigenvalue weighted by molar-refractivity contribution is 0.0747. The average molecular weight is 439 g/mol. The third kappa shape index (κ3) is 4.32. The fraction of sp³-hybridized carbons (Fsp3) is 0.323. The number of fused-ring (bicyclic) bond motifs is 1. The number of aliphatic hydroxyl groups is 1. The van der Waals surface area contributed by atoms with Gasteiger partial charge in [-0.2, -0.15) is 0 Å². The van der Waals surface area contributed by atoms with E-state index in [1.165, 1.54) is 29.5 Å². The minimum absolute atomic E-state index is 0.136. The van der Waals surface area contributed by atoms with Gasteiger partial charge in [-0.15, -0.1) is 0 Å². The van der Waals surface area contributed by atoms with Crippen molar-refractivity contribution in [1.29, 1.82) is 0 Å². The lowest BCUT2D eigenvalue weighted by Crippen LogP contribution is -2.34. The number of carbonyl (C=O) groups is 1. The highest BCUT2D eigenvalue weighted by Gasteiger charge is 2.37. The van der Waals surface area contributed by atoms with E-state index in [9.17, 15) is 9.90 Å². The standard InChI is InChI=1S/C31H34O2/c1-20-18-26-27(31(5,6)17-16-30(26,3)4)19-25(20)21(2)22-12-14-24(15-13-22)29(33)28(32)23-10-8-7-9-11-23/h7-15,18-19,28,32H,2,16-17H2,1,3-6H3. The van der Waals surface area contributed by atoms with Gasteiger partial charge in [0.05, 0.1) is 0 Å². The number of aryl methyl sites for hydroxylation is 1. The van der Waals surface area contributed by atoms with Crippen LogP contribution in [-0.2, 0) is 10.8 Å². The predicted molar refractivity (Wildman–Crippen MR) is 137 cm³/mol. The van der Waals surface area contributed by atoms with Crippen molar-refractivity contribution in [1.82, 2.24) is 0 Å². The summed E-state index contributed by atoms with van der Waals surface area (Å²) >= 11 is 0. The molecule has 4 rings (SSSR count). The molecule has 1 aliphatic rings. The summed E-state index contributed by atoms with van der Waals surface area (Å²) in [5, 5.41) is 10.5. The van der Waals surface area contributed by atoms with Crippen LogP contribution in [0, 0.1) is 6.92 Å². The SMILES string of the molecule is C=C(c1ccc(C(=O)C(O)c2ccccc2)cc1)c1cc2c(cc1C)C(C)(C)CCC2(C)C. The number of aliphatic hydroxyl groups excluding tert-OH is 1. The summed E-state index contributed by atoms with van der Waals surface area (Å²) in [6.07, 6.45) is 1.20. The van der Waals surface area contributed by atoms with Crippen LogP contribution >= 0.6 is 0 Å². The van der Waals surface area contributed by atoms with Crippen molar-refractivity contribution >= 4 is 11.4 Å². The number of ketones is 1. The molecule has 3 aromatic rings. The van der Waals surface area contributed by atoms with Crippen molar-refractivity contribution in [3.63, 3.8) is 0 Å². The highest BCUT2D eigenvalue weighted by Crippen LogP contribution is 2.47. The maximum absolute atomic E-state index is 12.8.